The van der Waals surface area contributed by atoms with Gasteiger partial charge in [-0.1, -0.05) is 47.6 Å². The van der Waals surface area contributed by atoms with E-state index in [1.54, 1.807) is 6.07 Å². The summed E-state index contributed by atoms with van der Waals surface area (Å²) >= 11 is 0. The highest BCUT2D eigenvalue weighted by atomic mass is 28.4. The van der Waals surface area contributed by atoms with E-state index in [0.29, 0.717) is 22.8 Å². The molecule has 0 unspecified atom stereocenters. The third kappa shape index (κ3) is 4.06. The maximum absolute atomic E-state index is 15.6. The van der Waals surface area contributed by atoms with Crippen LogP contribution < -0.4 is 10.2 Å². The molecule has 0 aliphatic heterocycles. The maximum atomic E-state index is 15.6. The first-order valence-corrected chi connectivity index (χ1v) is 11.7. The number of aromatic nitrogens is 2. The zero-order chi connectivity index (χ0) is 19.9. The van der Waals surface area contributed by atoms with Crippen LogP contribution in [0.1, 0.15) is 47.1 Å². The first-order chi connectivity index (χ1) is 11.7. The van der Waals surface area contributed by atoms with Crippen LogP contribution in [-0.4, -0.2) is 18.3 Å². The summed E-state index contributed by atoms with van der Waals surface area (Å²) in [6.45, 7) is 16.8. The Balaban J connectivity index is 2.66. The molecule has 2 aromatic rings. The Bertz CT molecular complexity index is 790. The van der Waals surface area contributed by atoms with Crippen LogP contribution in [0.2, 0.25) is 18.1 Å². The molecule has 0 radical (unpaired) electrons. The quantitative estimate of drug-likeness (QED) is 0.715. The molecule has 0 fully saturated rings. The van der Waals surface area contributed by atoms with Gasteiger partial charge >= 0.3 is 0 Å². The average molecular weight is 376 g/mol. The van der Waals surface area contributed by atoms with Crippen molar-refractivity contribution < 1.29 is 8.82 Å². The van der Waals surface area contributed by atoms with Crippen LogP contribution in [0.4, 0.5) is 10.2 Å². The van der Waals surface area contributed by atoms with Crippen molar-refractivity contribution in [2.75, 3.05) is 5.73 Å². The molecular formula is C20H30FN3OSi. The molecule has 4 nitrogen and oxygen atoms in total. The van der Waals surface area contributed by atoms with Gasteiger partial charge in [0.2, 0.25) is 0 Å². The highest BCUT2D eigenvalue weighted by molar-refractivity contribution is 6.74. The molecule has 0 saturated carbocycles. The minimum atomic E-state index is -2.22. The zero-order valence-electron chi connectivity index (χ0n) is 17.1. The molecule has 2 rings (SSSR count). The lowest BCUT2D eigenvalue weighted by atomic mass is 9.85. The molecule has 142 valence electrons. The summed E-state index contributed by atoms with van der Waals surface area (Å²) in [5.74, 6) is 0.250. The molecule has 0 aliphatic carbocycles. The summed E-state index contributed by atoms with van der Waals surface area (Å²) in [6.07, 6.45) is 2.92. The molecule has 0 amide bonds. The molecule has 1 aromatic carbocycles. The maximum Gasteiger partial charge on any atom is 0.250 e. The molecule has 0 bridgehead atoms. The SMILES string of the molecule is CC(C)(C)c1ccc(-c2cnc(N)cn2)c(F)c1O[Si](C)(C)C(C)(C)C. The standard InChI is InChI=1S/C20H30FN3OSi/c1-19(2,3)14-10-9-13(15-11-24-16(22)12-23-15)17(21)18(14)25-26(7,8)20(4,5)6/h9-12H,1-8H3,(H2,22,24). The van der Waals surface area contributed by atoms with Crippen molar-refractivity contribution in [2.45, 2.75) is 65.1 Å². The van der Waals surface area contributed by atoms with Crippen molar-refractivity contribution in [1.82, 2.24) is 9.97 Å². The second-order valence-electron chi connectivity index (χ2n) is 9.24. The molecule has 0 saturated heterocycles. The van der Waals surface area contributed by atoms with E-state index in [4.69, 9.17) is 10.2 Å². The fourth-order valence-electron chi connectivity index (χ4n) is 2.33. The van der Waals surface area contributed by atoms with Crippen LogP contribution in [0.15, 0.2) is 24.5 Å². The number of rotatable bonds is 3. The van der Waals surface area contributed by atoms with Crippen molar-refractivity contribution in [2.24, 2.45) is 0 Å². The fraction of sp³-hybridized carbons (Fsp3) is 0.500. The van der Waals surface area contributed by atoms with Gasteiger partial charge < -0.3 is 10.2 Å². The van der Waals surface area contributed by atoms with Crippen molar-refractivity contribution >= 4 is 14.1 Å². The Kier molecular flexibility index (Phi) is 5.21. The lowest BCUT2D eigenvalue weighted by Crippen LogP contribution is -2.44. The number of halogens is 1. The Morgan fingerprint density at radius 1 is 1.00 bits per heavy atom. The second-order valence-corrected chi connectivity index (χ2v) is 14.0. The Morgan fingerprint density at radius 2 is 1.62 bits per heavy atom. The van der Waals surface area contributed by atoms with Gasteiger partial charge in [0.1, 0.15) is 11.6 Å². The summed E-state index contributed by atoms with van der Waals surface area (Å²) < 4.78 is 22.0. The lowest BCUT2D eigenvalue weighted by Gasteiger charge is -2.38. The van der Waals surface area contributed by atoms with Crippen molar-refractivity contribution in [1.29, 1.82) is 0 Å². The van der Waals surface area contributed by atoms with Gasteiger partial charge in [0, 0.05) is 11.1 Å². The van der Waals surface area contributed by atoms with Crippen molar-refractivity contribution in [3.63, 3.8) is 0 Å². The van der Waals surface area contributed by atoms with Crippen molar-refractivity contribution in [3.05, 3.63) is 35.9 Å². The third-order valence-electron chi connectivity index (χ3n) is 5.02. The normalized spacial score (nSPS) is 13.0. The van der Waals surface area contributed by atoms with E-state index >= 15 is 4.39 Å². The topological polar surface area (TPSA) is 61.0 Å². The number of anilines is 1. The molecule has 26 heavy (non-hydrogen) atoms. The largest absolute Gasteiger partial charge is 0.541 e. The highest BCUT2D eigenvalue weighted by Crippen LogP contribution is 2.43. The average Bonchev–Trinajstić information content (AvgIpc) is 2.48. The first kappa shape index (κ1) is 20.4. The van der Waals surface area contributed by atoms with E-state index in [1.807, 2.05) is 6.07 Å². The highest BCUT2D eigenvalue weighted by Gasteiger charge is 2.41. The Hall–Kier alpha value is -1.95. The minimum absolute atomic E-state index is 0.0361. The van der Waals surface area contributed by atoms with Gasteiger partial charge in [0.05, 0.1) is 18.1 Å². The lowest BCUT2D eigenvalue weighted by molar-refractivity contribution is 0.436. The number of hydrogen-bond acceptors (Lipinski definition) is 4. The Morgan fingerprint density at radius 3 is 2.08 bits per heavy atom. The molecule has 6 heteroatoms. The summed E-state index contributed by atoms with van der Waals surface area (Å²) in [5.41, 5.74) is 7.02. The number of nitrogen functional groups attached to an aromatic ring is 1. The van der Waals surface area contributed by atoms with Gasteiger partial charge in [-0.3, -0.25) is 4.98 Å². The second kappa shape index (κ2) is 6.65. The third-order valence-corrected chi connectivity index (χ3v) is 9.34. The smallest absolute Gasteiger partial charge is 0.250 e. The van der Waals surface area contributed by atoms with Gasteiger partial charge in [0.15, 0.2) is 5.82 Å². The van der Waals surface area contributed by atoms with Crippen LogP contribution in [0.3, 0.4) is 0 Å². The Labute approximate surface area is 157 Å². The van der Waals surface area contributed by atoms with Crippen LogP contribution >= 0.6 is 0 Å². The summed E-state index contributed by atoms with van der Waals surface area (Å²) in [6, 6.07) is 3.67. The monoisotopic (exact) mass is 375 g/mol. The summed E-state index contributed by atoms with van der Waals surface area (Å²) in [7, 11) is -2.22. The number of hydrogen-bond donors (Lipinski definition) is 1. The fourth-order valence-corrected chi connectivity index (χ4v) is 3.35. The molecule has 0 atom stereocenters. The number of nitrogens with zero attached hydrogens (tertiary/aromatic N) is 2. The van der Waals surface area contributed by atoms with E-state index in [9.17, 15) is 0 Å². The van der Waals surface area contributed by atoms with E-state index in [2.05, 4.69) is 64.6 Å². The molecule has 2 N–H and O–H groups in total. The molecule has 0 aliphatic rings. The van der Waals surface area contributed by atoms with E-state index < -0.39 is 8.32 Å². The van der Waals surface area contributed by atoms with E-state index in [0.717, 1.165) is 5.56 Å². The van der Waals surface area contributed by atoms with Crippen LogP contribution in [0.25, 0.3) is 11.3 Å². The van der Waals surface area contributed by atoms with Gasteiger partial charge in [-0.25, -0.2) is 9.37 Å². The number of benzene rings is 1. The summed E-state index contributed by atoms with van der Waals surface area (Å²) in [5, 5.41) is -0.0361. The van der Waals surface area contributed by atoms with Crippen LogP contribution in [0, 0.1) is 5.82 Å². The summed E-state index contributed by atoms with van der Waals surface area (Å²) in [4.78, 5) is 8.24. The number of nitrogens with two attached hydrogens (primary N) is 1. The predicted octanol–water partition coefficient (Wildman–Crippen LogP) is 5.55. The zero-order valence-corrected chi connectivity index (χ0v) is 18.1. The van der Waals surface area contributed by atoms with E-state index in [1.165, 1.54) is 12.4 Å². The van der Waals surface area contributed by atoms with E-state index in [-0.39, 0.29) is 16.3 Å². The first-order valence-electron chi connectivity index (χ1n) is 8.84. The van der Waals surface area contributed by atoms with Gasteiger partial charge in [-0.2, -0.15) is 0 Å². The van der Waals surface area contributed by atoms with Crippen LogP contribution in [0.5, 0.6) is 5.75 Å². The molecule has 1 heterocycles. The molecule has 1 aromatic heterocycles. The van der Waals surface area contributed by atoms with Gasteiger partial charge in [-0.05, 0) is 29.6 Å². The van der Waals surface area contributed by atoms with Crippen LogP contribution in [-0.2, 0) is 5.41 Å². The molecular weight excluding hydrogens is 345 g/mol. The van der Waals surface area contributed by atoms with Gasteiger partial charge in [-0.15, -0.1) is 0 Å². The van der Waals surface area contributed by atoms with Gasteiger partial charge in [0.25, 0.3) is 8.32 Å². The molecule has 0 spiro atoms. The minimum Gasteiger partial charge on any atom is -0.541 e. The predicted molar refractivity (Wildman–Crippen MR) is 108 cm³/mol. The van der Waals surface area contributed by atoms with Crippen molar-refractivity contribution in [3.8, 4) is 17.0 Å².